The molecular weight excluding hydrogens is 232 g/mol. The topological polar surface area (TPSA) is 91.7 Å². The Morgan fingerprint density at radius 3 is 1.94 bits per heavy atom. The summed E-state index contributed by atoms with van der Waals surface area (Å²) in [6.07, 6.45) is 4.32. The number of benzene rings is 1. The lowest BCUT2D eigenvalue weighted by Crippen LogP contribution is -1.96. The van der Waals surface area contributed by atoms with Crippen LogP contribution in [0.25, 0.3) is 0 Å². The van der Waals surface area contributed by atoms with Gasteiger partial charge in [0, 0.05) is 5.92 Å². The Bertz CT molecular complexity index is 493. The summed E-state index contributed by atoms with van der Waals surface area (Å²) in [5.41, 5.74) is 0.956. The van der Waals surface area contributed by atoms with Gasteiger partial charge in [-0.1, -0.05) is 17.7 Å². The molecular formula is C10H10O5S. The number of hydrogen-bond acceptors (Lipinski definition) is 3. The number of aliphatic carboxylic acids is 1. The van der Waals surface area contributed by atoms with Crippen molar-refractivity contribution in [1.29, 1.82) is 0 Å². The van der Waals surface area contributed by atoms with Crippen molar-refractivity contribution in [3.63, 3.8) is 0 Å². The first kappa shape index (κ1) is 14.2. The Morgan fingerprint density at radius 1 is 1.31 bits per heavy atom. The third kappa shape index (κ3) is 5.80. The molecule has 1 aromatic rings. The number of aryl methyl sites for hydroxylation is 1. The number of carbonyl (C=O) groups is 1. The van der Waals surface area contributed by atoms with Gasteiger partial charge in [0.05, 0.1) is 4.90 Å². The van der Waals surface area contributed by atoms with E-state index in [2.05, 4.69) is 6.42 Å². The molecule has 0 amide bonds. The summed E-state index contributed by atoms with van der Waals surface area (Å²) in [5, 5.41) is 7.49. The standard InChI is InChI=1S/C7H8O3S.C3H2O2/c1-6-2-4-7(5-3-6)11(8,9)10;1-2-3(4)5/h2-5H,1H3,(H,8,9,10);1H,(H,4,5). The number of terminal acetylenes is 1. The van der Waals surface area contributed by atoms with Crippen molar-refractivity contribution >= 4 is 16.1 Å². The molecule has 0 heterocycles. The van der Waals surface area contributed by atoms with Crippen molar-refractivity contribution < 1.29 is 22.9 Å². The zero-order chi connectivity index (χ0) is 12.8. The highest BCUT2D eigenvalue weighted by Gasteiger charge is 2.06. The van der Waals surface area contributed by atoms with Crippen LogP contribution in [-0.2, 0) is 14.9 Å². The molecule has 0 spiro atoms. The largest absolute Gasteiger partial charge is 0.472 e. The molecule has 5 nitrogen and oxygen atoms in total. The summed E-state index contributed by atoms with van der Waals surface area (Å²) in [6, 6.07) is 5.99. The molecule has 0 aliphatic heterocycles. The van der Waals surface area contributed by atoms with Gasteiger partial charge >= 0.3 is 5.97 Å². The van der Waals surface area contributed by atoms with Crippen molar-refractivity contribution in [2.24, 2.45) is 0 Å². The molecule has 0 saturated heterocycles. The van der Waals surface area contributed by atoms with Gasteiger partial charge in [-0.25, -0.2) is 4.79 Å². The molecule has 0 bridgehead atoms. The first-order valence-electron chi connectivity index (χ1n) is 4.01. The van der Waals surface area contributed by atoms with E-state index in [9.17, 15) is 8.42 Å². The summed E-state index contributed by atoms with van der Waals surface area (Å²) in [5.74, 6) is 0.227. The van der Waals surface area contributed by atoms with E-state index < -0.39 is 16.1 Å². The van der Waals surface area contributed by atoms with Gasteiger partial charge in [0.2, 0.25) is 0 Å². The summed E-state index contributed by atoms with van der Waals surface area (Å²) < 4.78 is 29.6. The smallest absolute Gasteiger partial charge is 0.381 e. The minimum absolute atomic E-state index is 0.0666. The first-order chi connectivity index (χ1) is 7.27. The highest BCUT2D eigenvalue weighted by molar-refractivity contribution is 7.85. The molecule has 0 aliphatic carbocycles. The minimum Gasteiger partial charge on any atom is -0.472 e. The van der Waals surface area contributed by atoms with Gasteiger partial charge in [-0.2, -0.15) is 8.42 Å². The average molecular weight is 242 g/mol. The molecule has 0 fully saturated rings. The lowest BCUT2D eigenvalue weighted by atomic mass is 10.2. The molecule has 0 saturated carbocycles. The Morgan fingerprint density at radius 2 is 1.69 bits per heavy atom. The third-order valence-electron chi connectivity index (χ3n) is 1.44. The Balaban J connectivity index is 0.000000385. The molecule has 16 heavy (non-hydrogen) atoms. The molecule has 0 aliphatic rings. The number of hydrogen-bond donors (Lipinski definition) is 2. The maximum absolute atomic E-state index is 10.5. The van der Waals surface area contributed by atoms with Gasteiger partial charge in [-0.05, 0) is 19.1 Å². The number of rotatable bonds is 1. The highest BCUT2D eigenvalue weighted by Crippen LogP contribution is 2.08. The predicted molar refractivity (Wildman–Crippen MR) is 57.5 cm³/mol. The lowest BCUT2D eigenvalue weighted by molar-refractivity contribution is -0.130. The van der Waals surface area contributed by atoms with E-state index in [4.69, 9.17) is 14.5 Å². The summed E-state index contributed by atoms with van der Waals surface area (Å²) >= 11 is 0. The summed E-state index contributed by atoms with van der Waals surface area (Å²) in [4.78, 5) is 9.07. The van der Waals surface area contributed by atoms with E-state index in [1.807, 2.05) is 6.92 Å². The second-order valence-electron chi connectivity index (χ2n) is 2.74. The van der Waals surface area contributed by atoms with Gasteiger partial charge < -0.3 is 5.11 Å². The predicted octanol–water partition coefficient (Wildman–Crippen LogP) is 0.946. The maximum Gasteiger partial charge on any atom is 0.381 e. The number of carboxylic acid groups (broad SMARTS) is 1. The van der Waals surface area contributed by atoms with Gasteiger partial charge in [-0.3, -0.25) is 4.55 Å². The van der Waals surface area contributed by atoms with Gasteiger partial charge in [0.15, 0.2) is 0 Å². The molecule has 1 rings (SSSR count). The fraction of sp³-hybridized carbons (Fsp3) is 0.100. The molecule has 0 unspecified atom stereocenters. The van der Waals surface area contributed by atoms with Crippen molar-refractivity contribution in [2.45, 2.75) is 11.8 Å². The van der Waals surface area contributed by atoms with Crippen molar-refractivity contribution in [3.8, 4) is 12.3 Å². The van der Waals surface area contributed by atoms with E-state index in [1.54, 1.807) is 12.1 Å². The second kappa shape index (κ2) is 5.90. The first-order valence-corrected chi connectivity index (χ1v) is 5.45. The van der Waals surface area contributed by atoms with Crippen LogP contribution in [0, 0.1) is 19.3 Å². The average Bonchev–Trinajstić information content (AvgIpc) is 2.18. The molecule has 2 N–H and O–H groups in total. The molecule has 6 heteroatoms. The van der Waals surface area contributed by atoms with Crippen LogP contribution in [0.3, 0.4) is 0 Å². The van der Waals surface area contributed by atoms with E-state index in [0.717, 1.165) is 5.56 Å². The van der Waals surface area contributed by atoms with Gasteiger partial charge in [-0.15, -0.1) is 6.42 Å². The second-order valence-corrected chi connectivity index (χ2v) is 4.16. The van der Waals surface area contributed by atoms with Crippen LogP contribution in [-0.4, -0.2) is 24.0 Å². The Labute approximate surface area is 93.5 Å². The van der Waals surface area contributed by atoms with E-state index in [1.165, 1.54) is 18.1 Å². The van der Waals surface area contributed by atoms with Crippen LogP contribution >= 0.6 is 0 Å². The Kier molecular flexibility index (Phi) is 5.22. The fourth-order valence-electron chi connectivity index (χ4n) is 0.710. The van der Waals surface area contributed by atoms with Crippen LogP contribution in [0.5, 0.6) is 0 Å². The van der Waals surface area contributed by atoms with Crippen LogP contribution in [0.4, 0.5) is 0 Å². The van der Waals surface area contributed by atoms with Gasteiger partial charge in [0.25, 0.3) is 10.1 Å². The van der Waals surface area contributed by atoms with Crippen LogP contribution in [0.15, 0.2) is 29.2 Å². The normalized spacial score (nSPS) is 9.56. The zero-order valence-corrected chi connectivity index (χ0v) is 9.23. The van der Waals surface area contributed by atoms with Crippen LogP contribution in [0.1, 0.15) is 5.56 Å². The van der Waals surface area contributed by atoms with Crippen LogP contribution < -0.4 is 0 Å². The third-order valence-corrected chi connectivity index (χ3v) is 2.31. The molecule has 0 atom stereocenters. The minimum atomic E-state index is -4.02. The van der Waals surface area contributed by atoms with E-state index in [0.29, 0.717) is 0 Å². The molecule has 1 aromatic carbocycles. The van der Waals surface area contributed by atoms with E-state index >= 15 is 0 Å². The monoisotopic (exact) mass is 242 g/mol. The zero-order valence-electron chi connectivity index (χ0n) is 8.41. The lowest BCUT2D eigenvalue weighted by Gasteiger charge is -1.95. The summed E-state index contributed by atoms with van der Waals surface area (Å²) in [6.45, 7) is 1.84. The van der Waals surface area contributed by atoms with Crippen molar-refractivity contribution in [3.05, 3.63) is 29.8 Å². The molecule has 0 aromatic heterocycles. The van der Waals surface area contributed by atoms with E-state index in [-0.39, 0.29) is 4.90 Å². The van der Waals surface area contributed by atoms with Crippen molar-refractivity contribution in [2.75, 3.05) is 0 Å². The SMILES string of the molecule is C#CC(=O)O.Cc1ccc(S(=O)(=O)O)cc1. The molecule has 0 radical (unpaired) electrons. The quantitative estimate of drug-likeness (QED) is 0.565. The number of carboxylic acids is 1. The maximum atomic E-state index is 10.5. The van der Waals surface area contributed by atoms with Crippen LogP contribution in [0.2, 0.25) is 0 Å². The van der Waals surface area contributed by atoms with Crippen molar-refractivity contribution in [1.82, 2.24) is 0 Å². The fourth-order valence-corrected chi connectivity index (χ4v) is 1.19. The Hall–Kier alpha value is -1.84. The highest BCUT2D eigenvalue weighted by atomic mass is 32.2. The summed E-state index contributed by atoms with van der Waals surface area (Å²) in [7, 11) is -4.02. The van der Waals surface area contributed by atoms with Gasteiger partial charge in [0.1, 0.15) is 0 Å². The molecule has 86 valence electrons.